The number of anilines is 2. The van der Waals surface area contributed by atoms with Crippen LogP contribution in [0, 0.1) is 22.7 Å². The molecule has 0 saturated carbocycles. The van der Waals surface area contributed by atoms with Crippen LogP contribution in [0.3, 0.4) is 0 Å². The smallest absolute Gasteiger partial charge is 0.131 e. The predicted molar refractivity (Wildman–Crippen MR) is 81.7 cm³/mol. The molecule has 100 valence electrons. The highest BCUT2D eigenvalue weighted by Gasteiger charge is 2.18. The monoisotopic (exact) mass is 302 g/mol. The van der Waals surface area contributed by atoms with E-state index in [0.29, 0.717) is 27.0 Å². The minimum Gasteiger partial charge on any atom is -0.396 e. The Morgan fingerprint density at radius 1 is 1.25 bits per heavy atom. The van der Waals surface area contributed by atoms with Gasteiger partial charge in [-0.25, -0.2) is 0 Å². The molecule has 6 heteroatoms. The maximum atomic E-state index is 9.18. The molecule has 1 aromatic heterocycles. The van der Waals surface area contributed by atoms with Gasteiger partial charge in [0, 0.05) is 18.6 Å². The summed E-state index contributed by atoms with van der Waals surface area (Å²) >= 11 is 7.08. The molecule has 0 amide bonds. The lowest BCUT2D eigenvalue weighted by atomic mass is 10.2. The van der Waals surface area contributed by atoms with Gasteiger partial charge >= 0.3 is 0 Å². The van der Waals surface area contributed by atoms with Gasteiger partial charge in [0.25, 0.3) is 0 Å². The fourth-order valence-corrected chi connectivity index (χ4v) is 2.88. The lowest BCUT2D eigenvalue weighted by Crippen LogP contribution is -2.16. The third kappa shape index (κ3) is 2.70. The molecular weight excluding hydrogens is 292 g/mol. The molecule has 0 saturated heterocycles. The minimum absolute atomic E-state index is 0.262. The summed E-state index contributed by atoms with van der Waals surface area (Å²) in [6.07, 6.45) is 0. The highest BCUT2D eigenvalue weighted by molar-refractivity contribution is 7.17. The number of nitriles is 2. The molecule has 0 fully saturated rings. The Morgan fingerprint density at radius 2 is 1.90 bits per heavy atom. The van der Waals surface area contributed by atoms with Crippen molar-refractivity contribution in [1.29, 1.82) is 10.5 Å². The highest BCUT2D eigenvalue weighted by Crippen LogP contribution is 2.37. The van der Waals surface area contributed by atoms with Gasteiger partial charge < -0.3 is 10.6 Å². The average molecular weight is 303 g/mol. The van der Waals surface area contributed by atoms with Crippen LogP contribution in [0.15, 0.2) is 24.3 Å². The number of hydrogen-bond acceptors (Lipinski definition) is 5. The molecule has 1 heterocycles. The molecule has 2 rings (SSSR count). The molecule has 0 bridgehead atoms. The Hall–Kier alpha value is -2.21. The third-order valence-electron chi connectivity index (χ3n) is 2.82. The van der Waals surface area contributed by atoms with Gasteiger partial charge in [-0.1, -0.05) is 23.7 Å². The van der Waals surface area contributed by atoms with E-state index in [1.807, 2.05) is 42.3 Å². The first-order valence-corrected chi connectivity index (χ1v) is 6.94. The maximum Gasteiger partial charge on any atom is 0.131 e. The Balaban J connectivity index is 2.30. The van der Waals surface area contributed by atoms with Crippen molar-refractivity contribution in [3.05, 3.63) is 45.3 Å². The van der Waals surface area contributed by atoms with Crippen LogP contribution in [0.4, 0.5) is 10.7 Å². The predicted octanol–water partition coefficient (Wildman–Crippen LogP) is 3.36. The van der Waals surface area contributed by atoms with E-state index < -0.39 is 0 Å². The number of benzene rings is 1. The summed E-state index contributed by atoms with van der Waals surface area (Å²) in [7, 11) is 1.86. The quantitative estimate of drug-likeness (QED) is 0.943. The molecule has 1 aromatic carbocycles. The number of nitrogens with zero attached hydrogens (tertiary/aromatic N) is 3. The summed E-state index contributed by atoms with van der Waals surface area (Å²) in [5.41, 5.74) is 7.48. The molecule has 0 radical (unpaired) electrons. The summed E-state index contributed by atoms with van der Waals surface area (Å²) < 4.78 is 0. The van der Waals surface area contributed by atoms with E-state index >= 15 is 0 Å². The van der Waals surface area contributed by atoms with E-state index in [9.17, 15) is 5.26 Å². The second-order valence-electron chi connectivity index (χ2n) is 4.23. The Labute approximate surface area is 126 Å². The SMILES string of the molecule is CN(Cc1ccc(Cl)cc1)c1sc(C#N)c(N)c1C#N. The largest absolute Gasteiger partial charge is 0.396 e. The first-order chi connectivity index (χ1) is 9.56. The van der Waals surface area contributed by atoms with E-state index in [4.69, 9.17) is 22.6 Å². The molecule has 0 aliphatic rings. The van der Waals surface area contributed by atoms with Gasteiger partial charge in [0.05, 0.1) is 5.69 Å². The third-order valence-corrected chi connectivity index (χ3v) is 4.30. The summed E-state index contributed by atoms with van der Waals surface area (Å²) in [5, 5.41) is 19.6. The van der Waals surface area contributed by atoms with Gasteiger partial charge in [0.15, 0.2) is 0 Å². The van der Waals surface area contributed by atoms with Crippen LogP contribution in [0.25, 0.3) is 0 Å². The van der Waals surface area contributed by atoms with Gasteiger partial charge in [0.2, 0.25) is 0 Å². The van der Waals surface area contributed by atoms with Gasteiger partial charge in [-0.2, -0.15) is 10.5 Å². The van der Waals surface area contributed by atoms with Crippen molar-refractivity contribution in [2.75, 3.05) is 17.7 Å². The van der Waals surface area contributed by atoms with E-state index in [-0.39, 0.29) is 5.69 Å². The van der Waals surface area contributed by atoms with Crippen LogP contribution in [-0.2, 0) is 6.54 Å². The molecule has 0 aliphatic heterocycles. The van der Waals surface area contributed by atoms with Crippen LogP contribution >= 0.6 is 22.9 Å². The zero-order chi connectivity index (χ0) is 14.7. The zero-order valence-electron chi connectivity index (χ0n) is 10.7. The second kappa shape index (κ2) is 5.83. The van der Waals surface area contributed by atoms with Crippen molar-refractivity contribution in [2.24, 2.45) is 0 Å². The summed E-state index contributed by atoms with van der Waals surface area (Å²) in [5.74, 6) is 0. The molecule has 0 aliphatic carbocycles. The van der Waals surface area contributed by atoms with E-state index in [1.165, 1.54) is 11.3 Å². The molecule has 4 nitrogen and oxygen atoms in total. The molecule has 0 atom stereocenters. The van der Waals surface area contributed by atoms with Crippen molar-refractivity contribution in [1.82, 2.24) is 0 Å². The van der Waals surface area contributed by atoms with Gasteiger partial charge in [0.1, 0.15) is 27.6 Å². The van der Waals surface area contributed by atoms with Crippen molar-refractivity contribution >= 4 is 33.6 Å². The number of rotatable bonds is 3. The Bertz CT molecular complexity index is 707. The number of thiophene rings is 1. The van der Waals surface area contributed by atoms with E-state index in [1.54, 1.807) is 0 Å². The highest BCUT2D eigenvalue weighted by atomic mass is 35.5. The van der Waals surface area contributed by atoms with E-state index in [0.717, 1.165) is 5.56 Å². The lowest BCUT2D eigenvalue weighted by Gasteiger charge is -2.17. The molecular formula is C14H11ClN4S. The number of nitrogen functional groups attached to an aromatic ring is 1. The van der Waals surface area contributed by atoms with Crippen LogP contribution in [0.2, 0.25) is 5.02 Å². The fourth-order valence-electron chi connectivity index (χ4n) is 1.83. The van der Waals surface area contributed by atoms with Crippen molar-refractivity contribution in [3.63, 3.8) is 0 Å². The van der Waals surface area contributed by atoms with Crippen LogP contribution in [0.5, 0.6) is 0 Å². The second-order valence-corrected chi connectivity index (χ2v) is 5.67. The molecule has 2 N–H and O–H groups in total. The number of nitrogens with two attached hydrogens (primary N) is 1. The summed E-state index contributed by atoms with van der Waals surface area (Å²) in [4.78, 5) is 2.28. The summed E-state index contributed by atoms with van der Waals surface area (Å²) in [6, 6.07) is 11.6. The van der Waals surface area contributed by atoms with Crippen LogP contribution < -0.4 is 10.6 Å². The maximum absolute atomic E-state index is 9.18. The zero-order valence-corrected chi connectivity index (χ0v) is 12.3. The molecule has 20 heavy (non-hydrogen) atoms. The Morgan fingerprint density at radius 3 is 2.45 bits per heavy atom. The van der Waals surface area contributed by atoms with Crippen molar-refractivity contribution in [3.8, 4) is 12.1 Å². The lowest BCUT2D eigenvalue weighted by molar-refractivity contribution is 0.933. The standard InChI is InChI=1S/C14H11ClN4S/c1-19(8-9-2-4-10(15)5-3-9)14-11(6-16)13(18)12(7-17)20-14/h2-5H,8,18H2,1H3. The van der Waals surface area contributed by atoms with Gasteiger partial charge in [-0.15, -0.1) is 11.3 Å². The first-order valence-electron chi connectivity index (χ1n) is 5.75. The Kier molecular flexibility index (Phi) is 4.14. The van der Waals surface area contributed by atoms with Gasteiger partial charge in [-0.05, 0) is 17.7 Å². The normalized spacial score (nSPS) is 9.80. The van der Waals surface area contributed by atoms with Crippen molar-refractivity contribution < 1.29 is 0 Å². The van der Waals surface area contributed by atoms with Crippen LogP contribution in [-0.4, -0.2) is 7.05 Å². The summed E-state index contributed by atoms with van der Waals surface area (Å²) in [6.45, 7) is 0.608. The average Bonchev–Trinajstić information content (AvgIpc) is 2.77. The van der Waals surface area contributed by atoms with E-state index in [2.05, 4.69) is 6.07 Å². The van der Waals surface area contributed by atoms with Crippen LogP contribution in [0.1, 0.15) is 16.0 Å². The fraction of sp³-hybridized carbons (Fsp3) is 0.143. The van der Waals surface area contributed by atoms with Crippen molar-refractivity contribution in [2.45, 2.75) is 6.54 Å². The molecule has 0 unspecified atom stereocenters. The number of halogens is 1. The molecule has 0 spiro atoms. The minimum atomic E-state index is 0.262. The molecule has 2 aromatic rings. The van der Waals surface area contributed by atoms with Gasteiger partial charge in [-0.3, -0.25) is 0 Å². The first kappa shape index (κ1) is 14.2. The topological polar surface area (TPSA) is 76.8 Å². The number of hydrogen-bond donors (Lipinski definition) is 1.